The first-order valence-electron chi connectivity index (χ1n) is 6.20. The molecule has 0 aliphatic rings. The quantitative estimate of drug-likeness (QED) is 0.866. The first-order valence-corrected chi connectivity index (χ1v) is 6.20. The number of aliphatic imine (C=N–C) groups is 1. The molecule has 0 aromatic heterocycles. The lowest BCUT2D eigenvalue weighted by Gasteiger charge is -2.07. The summed E-state index contributed by atoms with van der Waals surface area (Å²) in [5.41, 5.74) is 2.25. The maximum atomic E-state index is 9.83. The lowest BCUT2D eigenvalue weighted by atomic mass is 10.1. The van der Waals surface area contributed by atoms with Crippen LogP contribution in [-0.4, -0.2) is 25.5 Å². The molecule has 0 saturated heterocycles. The van der Waals surface area contributed by atoms with Crippen molar-refractivity contribution in [3.8, 4) is 17.2 Å². The number of hydrogen-bond donors (Lipinski definition) is 1. The molecule has 2 rings (SSSR count). The highest BCUT2D eigenvalue weighted by atomic mass is 16.5. The molecule has 0 amide bonds. The standard InChI is InChI=1S/C16H17NO3/c1-11-5-4-6-14(18)16(11)17-10-12-9-13(19-2)7-8-15(12)20-3/h4-10,18H,1-3H3. The van der Waals surface area contributed by atoms with Crippen molar-refractivity contribution >= 4 is 11.9 Å². The van der Waals surface area contributed by atoms with E-state index in [4.69, 9.17) is 9.47 Å². The van der Waals surface area contributed by atoms with Gasteiger partial charge in [-0.2, -0.15) is 0 Å². The Morgan fingerprint density at radius 1 is 1.10 bits per heavy atom. The van der Waals surface area contributed by atoms with E-state index >= 15 is 0 Å². The van der Waals surface area contributed by atoms with Crippen molar-refractivity contribution in [2.75, 3.05) is 14.2 Å². The number of benzene rings is 2. The highest BCUT2D eigenvalue weighted by Crippen LogP contribution is 2.30. The third kappa shape index (κ3) is 2.91. The molecule has 104 valence electrons. The van der Waals surface area contributed by atoms with Crippen LogP contribution in [-0.2, 0) is 0 Å². The van der Waals surface area contributed by atoms with Gasteiger partial charge in [0.05, 0.1) is 14.2 Å². The summed E-state index contributed by atoms with van der Waals surface area (Å²) in [6.45, 7) is 1.90. The predicted molar refractivity (Wildman–Crippen MR) is 79.6 cm³/mol. The van der Waals surface area contributed by atoms with Crippen LogP contribution in [0.25, 0.3) is 0 Å². The van der Waals surface area contributed by atoms with Crippen molar-refractivity contribution in [2.45, 2.75) is 6.92 Å². The molecule has 0 atom stereocenters. The van der Waals surface area contributed by atoms with E-state index in [1.165, 1.54) is 0 Å². The second-order valence-electron chi connectivity index (χ2n) is 4.31. The number of hydrogen-bond acceptors (Lipinski definition) is 4. The van der Waals surface area contributed by atoms with Gasteiger partial charge in [0.1, 0.15) is 22.9 Å². The summed E-state index contributed by atoms with van der Waals surface area (Å²) in [6, 6.07) is 10.8. The summed E-state index contributed by atoms with van der Waals surface area (Å²) in [5.74, 6) is 1.58. The van der Waals surface area contributed by atoms with Crippen LogP contribution in [0.3, 0.4) is 0 Å². The smallest absolute Gasteiger partial charge is 0.141 e. The van der Waals surface area contributed by atoms with Crippen LogP contribution < -0.4 is 9.47 Å². The van der Waals surface area contributed by atoms with Crippen LogP contribution in [0.15, 0.2) is 41.4 Å². The van der Waals surface area contributed by atoms with Crippen molar-refractivity contribution in [3.05, 3.63) is 47.5 Å². The minimum absolute atomic E-state index is 0.156. The van der Waals surface area contributed by atoms with Gasteiger partial charge >= 0.3 is 0 Å². The summed E-state index contributed by atoms with van der Waals surface area (Å²) in [4.78, 5) is 4.35. The first-order chi connectivity index (χ1) is 9.65. The average Bonchev–Trinajstić information content (AvgIpc) is 2.46. The Labute approximate surface area is 118 Å². The van der Waals surface area contributed by atoms with Gasteiger partial charge in [0.25, 0.3) is 0 Å². The largest absolute Gasteiger partial charge is 0.506 e. The SMILES string of the molecule is COc1ccc(OC)c(C=Nc2c(C)cccc2O)c1. The Kier molecular flexibility index (Phi) is 4.25. The van der Waals surface area contributed by atoms with Gasteiger partial charge in [0, 0.05) is 11.8 Å². The Morgan fingerprint density at radius 2 is 1.90 bits per heavy atom. The monoisotopic (exact) mass is 271 g/mol. The number of ether oxygens (including phenoxy) is 2. The zero-order valence-corrected chi connectivity index (χ0v) is 11.8. The molecular formula is C16H17NO3. The molecule has 0 radical (unpaired) electrons. The van der Waals surface area contributed by atoms with E-state index in [-0.39, 0.29) is 5.75 Å². The molecule has 2 aromatic rings. The van der Waals surface area contributed by atoms with E-state index in [1.54, 1.807) is 32.6 Å². The Bertz CT molecular complexity index is 615. The van der Waals surface area contributed by atoms with Crippen molar-refractivity contribution in [1.82, 2.24) is 0 Å². The van der Waals surface area contributed by atoms with Crippen LogP contribution in [0, 0.1) is 6.92 Å². The highest BCUT2D eigenvalue weighted by Gasteiger charge is 2.05. The average molecular weight is 271 g/mol. The maximum Gasteiger partial charge on any atom is 0.141 e. The van der Waals surface area contributed by atoms with Gasteiger partial charge in [-0.05, 0) is 36.8 Å². The third-order valence-corrected chi connectivity index (χ3v) is 2.99. The van der Waals surface area contributed by atoms with Gasteiger partial charge in [0.2, 0.25) is 0 Å². The van der Waals surface area contributed by atoms with Crippen LogP contribution in [0.2, 0.25) is 0 Å². The van der Waals surface area contributed by atoms with Gasteiger partial charge < -0.3 is 14.6 Å². The molecule has 0 aliphatic heterocycles. The lowest BCUT2D eigenvalue weighted by molar-refractivity contribution is 0.402. The number of phenolic OH excluding ortho intramolecular Hbond substituents is 1. The van der Waals surface area contributed by atoms with Crippen LogP contribution in [0.1, 0.15) is 11.1 Å². The number of aromatic hydroxyl groups is 1. The van der Waals surface area contributed by atoms with Crippen molar-refractivity contribution in [3.63, 3.8) is 0 Å². The van der Waals surface area contributed by atoms with Gasteiger partial charge in [-0.3, -0.25) is 4.99 Å². The molecule has 4 nitrogen and oxygen atoms in total. The second kappa shape index (κ2) is 6.10. The fourth-order valence-electron chi connectivity index (χ4n) is 1.89. The second-order valence-corrected chi connectivity index (χ2v) is 4.31. The predicted octanol–water partition coefficient (Wildman–Crippen LogP) is 3.47. The molecule has 0 heterocycles. The molecule has 0 aliphatic carbocycles. The third-order valence-electron chi connectivity index (χ3n) is 2.99. The van der Waals surface area contributed by atoms with E-state index in [2.05, 4.69) is 4.99 Å². The van der Waals surface area contributed by atoms with Crippen molar-refractivity contribution in [1.29, 1.82) is 0 Å². The van der Waals surface area contributed by atoms with Gasteiger partial charge in [0.15, 0.2) is 0 Å². The van der Waals surface area contributed by atoms with E-state index in [9.17, 15) is 5.11 Å². The minimum atomic E-state index is 0.156. The van der Waals surface area contributed by atoms with Gasteiger partial charge in [-0.25, -0.2) is 0 Å². The zero-order valence-electron chi connectivity index (χ0n) is 11.8. The van der Waals surface area contributed by atoms with E-state index in [0.29, 0.717) is 11.4 Å². The summed E-state index contributed by atoms with van der Waals surface area (Å²) in [5, 5.41) is 9.83. The molecule has 0 spiro atoms. The maximum absolute atomic E-state index is 9.83. The molecular weight excluding hydrogens is 254 g/mol. The van der Waals surface area contributed by atoms with Crippen molar-refractivity contribution < 1.29 is 14.6 Å². The number of aryl methyl sites for hydroxylation is 1. The van der Waals surface area contributed by atoms with E-state index < -0.39 is 0 Å². The van der Waals surface area contributed by atoms with E-state index in [1.807, 2.05) is 31.2 Å². The molecule has 2 aromatic carbocycles. The Balaban J connectivity index is 2.40. The molecule has 0 saturated carbocycles. The normalized spacial score (nSPS) is 10.8. The fraction of sp³-hybridized carbons (Fsp3) is 0.188. The summed E-state index contributed by atoms with van der Waals surface area (Å²) < 4.78 is 10.5. The van der Waals surface area contributed by atoms with Crippen LogP contribution >= 0.6 is 0 Å². The molecule has 1 N–H and O–H groups in total. The molecule has 0 fully saturated rings. The van der Waals surface area contributed by atoms with Crippen molar-refractivity contribution in [2.24, 2.45) is 4.99 Å². The van der Waals surface area contributed by atoms with Gasteiger partial charge in [-0.15, -0.1) is 0 Å². The van der Waals surface area contributed by atoms with E-state index in [0.717, 1.165) is 16.9 Å². The van der Waals surface area contributed by atoms with Gasteiger partial charge in [-0.1, -0.05) is 12.1 Å². The Morgan fingerprint density at radius 3 is 2.55 bits per heavy atom. The summed E-state index contributed by atoms with van der Waals surface area (Å²) >= 11 is 0. The molecule has 4 heteroatoms. The number of rotatable bonds is 4. The lowest BCUT2D eigenvalue weighted by Crippen LogP contribution is -1.92. The molecule has 0 bridgehead atoms. The molecule has 0 unspecified atom stereocenters. The zero-order chi connectivity index (χ0) is 14.5. The number of nitrogens with zero attached hydrogens (tertiary/aromatic N) is 1. The Hall–Kier alpha value is -2.49. The number of methoxy groups -OCH3 is 2. The number of phenols is 1. The highest BCUT2D eigenvalue weighted by molar-refractivity contribution is 5.87. The number of para-hydroxylation sites is 1. The summed E-state index contributed by atoms with van der Waals surface area (Å²) in [6.07, 6.45) is 1.66. The fourth-order valence-corrected chi connectivity index (χ4v) is 1.89. The first kappa shape index (κ1) is 13.9. The van der Waals surface area contributed by atoms with Crippen LogP contribution in [0.5, 0.6) is 17.2 Å². The topological polar surface area (TPSA) is 51.0 Å². The minimum Gasteiger partial charge on any atom is -0.506 e. The molecule has 20 heavy (non-hydrogen) atoms. The summed E-state index contributed by atoms with van der Waals surface area (Å²) in [7, 11) is 3.21. The van der Waals surface area contributed by atoms with Crippen LogP contribution in [0.4, 0.5) is 5.69 Å².